The first-order valence-corrected chi connectivity index (χ1v) is 6.99. The Hall–Kier alpha value is -1.26. The molecule has 1 aliphatic rings. The molecule has 0 spiro atoms. The lowest BCUT2D eigenvalue weighted by atomic mass is 10.2. The van der Waals surface area contributed by atoms with Crippen molar-refractivity contribution in [1.29, 1.82) is 0 Å². The van der Waals surface area contributed by atoms with Crippen molar-refractivity contribution in [3.8, 4) is 0 Å². The van der Waals surface area contributed by atoms with Crippen LogP contribution in [0.3, 0.4) is 0 Å². The van der Waals surface area contributed by atoms with Gasteiger partial charge in [0, 0.05) is 36.8 Å². The summed E-state index contributed by atoms with van der Waals surface area (Å²) in [6, 6.07) is 7.43. The zero-order chi connectivity index (χ0) is 13.5. The van der Waals surface area contributed by atoms with Crippen LogP contribution in [-0.2, 0) is 9.53 Å². The molecule has 1 saturated heterocycles. The molecule has 0 saturated carbocycles. The molecule has 1 aromatic rings. The molecule has 1 amide bonds. The third-order valence-corrected chi connectivity index (χ3v) is 3.33. The molecular formula is C14H19ClN2O2. The van der Waals surface area contributed by atoms with E-state index >= 15 is 0 Å². The minimum Gasteiger partial charge on any atom is -0.385 e. The first kappa shape index (κ1) is 14.2. The molecule has 0 aromatic heterocycles. The van der Waals surface area contributed by atoms with Gasteiger partial charge in [-0.25, -0.2) is 0 Å². The number of hydrogen-bond donors (Lipinski definition) is 2. The molecule has 0 aliphatic carbocycles. The highest BCUT2D eigenvalue weighted by Crippen LogP contribution is 2.13. The van der Waals surface area contributed by atoms with Crippen molar-refractivity contribution in [2.75, 3.05) is 25.0 Å². The van der Waals surface area contributed by atoms with Crippen molar-refractivity contribution >= 4 is 23.2 Å². The first-order valence-electron chi connectivity index (χ1n) is 6.62. The van der Waals surface area contributed by atoms with Crippen molar-refractivity contribution in [3.05, 3.63) is 29.3 Å². The highest BCUT2D eigenvalue weighted by atomic mass is 35.5. The number of hydrogen-bond acceptors (Lipinski definition) is 3. The molecule has 1 heterocycles. The zero-order valence-corrected chi connectivity index (χ0v) is 11.6. The van der Waals surface area contributed by atoms with Gasteiger partial charge in [-0.2, -0.15) is 0 Å². The van der Waals surface area contributed by atoms with Gasteiger partial charge in [0.1, 0.15) is 0 Å². The van der Waals surface area contributed by atoms with Crippen LogP contribution in [0.1, 0.15) is 19.3 Å². The minimum absolute atomic E-state index is 0.0527. The van der Waals surface area contributed by atoms with E-state index in [4.69, 9.17) is 16.3 Å². The Morgan fingerprint density at radius 3 is 2.84 bits per heavy atom. The molecule has 0 bridgehead atoms. The van der Waals surface area contributed by atoms with Crippen LogP contribution >= 0.6 is 11.6 Å². The number of carbonyl (C=O) groups is 1. The summed E-state index contributed by atoms with van der Waals surface area (Å²) in [4.78, 5) is 11.6. The molecule has 2 rings (SSSR count). The van der Waals surface area contributed by atoms with E-state index in [1.807, 2.05) is 24.3 Å². The number of nitrogens with one attached hydrogen (secondary N) is 2. The van der Waals surface area contributed by atoms with Crippen molar-refractivity contribution in [3.63, 3.8) is 0 Å². The maximum Gasteiger partial charge on any atom is 0.221 e. The highest BCUT2D eigenvalue weighted by Gasteiger charge is 2.15. The second kappa shape index (κ2) is 7.36. The van der Waals surface area contributed by atoms with Crippen LogP contribution in [0.4, 0.5) is 5.69 Å². The summed E-state index contributed by atoms with van der Waals surface area (Å²) in [6.45, 7) is 2.05. The monoisotopic (exact) mass is 282 g/mol. The van der Waals surface area contributed by atoms with Crippen LogP contribution in [0.2, 0.25) is 5.02 Å². The van der Waals surface area contributed by atoms with Gasteiger partial charge in [-0.05, 0) is 37.1 Å². The number of ether oxygens (including phenoxy) is 1. The predicted octanol–water partition coefficient (Wildman–Crippen LogP) is 2.44. The Morgan fingerprint density at radius 1 is 1.37 bits per heavy atom. The molecule has 4 nitrogen and oxygen atoms in total. The van der Waals surface area contributed by atoms with Gasteiger partial charge in [0.15, 0.2) is 0 Å². The van der Waals surface area contributed by atoms with Crippen LogP contribution in [0.15, 0.2) is 24.3 Å². The maximum atomic E-state index is 11.6. The third kappa shape index (κ3) is 5.09. The number of rotatable bonds is 6. The summed E-state index contributed by atoms with van der Waals surface area (Å²) in [5, 5.41) is 6.78. The molecule has 1 aromatic carbocycles. The average molecular weight is 283 g/mol. The van der Waals surface area contributed by atoms with Crippen molar-refractivity contribution < 1.29 is 9.53 Å². The van der Waals surface area contributed by atoms with Crippen LogP contribution in [-0.4, -0.2) is 31.7 Å². The normalized spacial score (nSPS) is 18.3. The smallest absolute Gasteiger partial charge is 0.221 e. The van der Waals surface area contributed by atoms with E-state index < -0.39 is 0 Å². The summed E-state index contributed by atoms with van der Waals surface area (Å²) in [5.41, 5.74) is 0.969. The summed E-state index contributed by atoms with van der Waals surface area (Å²) in [5.74, 6) is 0.0527. The van der Waals surface area contributed by atoms with E-state index in [-0.39, 0.29) is 12.0 Å². The van der Waals surface area contributed by atoms with Crippen molar-refractivity contribution in [1.82, 2.24) is 5.32 Å². The molecule has 1 aliphatic heterocycles. The summed E-state index contributed by atoms with van der Waals surface area (Å²) >= 11 is 5.80. The van der Waals surface area contributed by atoms with E-state index in [9.17, 15) is 4.79 Å². The Balaban J connectivity index is 1.59. The molecule has 1 unspecified atom stereocenters. The number of halogens is 1. The lowest BCUT2D eigenvalue weighted by Gasteiger charge is -2.11. The molecule has 5 heteroatoms. The van der Waals surface area contributed by atoms with E-state index in [0.717, 1.165) is 25.1 Å². The summed E-state index contributed by atoms with van der Waals surface area (Å²) in [7, 11) is 0. The van der Waals surface area contributed by atoms with Gasteiger partial charge in [0.25, 0.3) is 0 Å². The molecule has 2 N–H and O–H groups in total. The fourth-order valence-corrected chi connectivity index (χ4v) is 2.14. The van der Waals surface area contributed by atoms with Gasteiger partial charge < -0.3 is 15.4 Å². The molecule has 1 atom stereocenters. The number of carbonyl (C=O) groups excluding carboxylic acids is 1. The highest BCUT2D eigenvalue weighted by molar-refractivity contribution is 6.30. The largest absolute Gasteiger partial charge is 0.385 e. The first-order chi connectivity index (χ1) is 9.24. The summed E-state index contributed by atoms with van der Waals surface area (Å²) in [6.07, 6.45) is 2.80. The van der Waals surface area contributed by atoms with Gasteiger partial charge in [-0.1, -0.05) is 11.6 Å². The van der Waals surface area contributed by atoms with Gasteiger partial charge in [0.2, 0.25) is 5.91 Å². The Morgan fingerprint density at radius 2 is 2.16 bits per heavy atom. The maximum absolute atomic E-state index is 11.6. The quantitative estimate of drug-likeness (QED) is 0.843. The van der Waals surface area contributed by atoms with Crippen LogP contribution in [0.25, 0.3) is 0 Å². The SMILES string of the molecule is O=C(CCNc1ccc(Cl)cc1)NCC1CCCO1. The van der Waals surface area contributed by atoms with E-state index in [1.165, 1.54) is 0 Å². The fourth-order valence-electron chi connectivity index (χ4n) is 2.01. The number of benzene rings is 1. The second-order valence-electron chi connectivity index (χ2n) is 4.62. The van der Waals surface area contributed by atoms with Crippen LogP contribution < -0.4 is 10.6 Å². The van der Waals surface area contributed by atoms with Crippen LogP contribution in [0.5, 0.6) is 0 Å². The standard InChI is InChI=1S/C14H19ClN2O2/c15-11-3-5-12(6-4-11)16-8-7-14(18)17-10-13-2-1-9-19-13/h3-6,13,16H,1-2,7-10H2,(H,17,18). The van der Waals surface area contributed by atoms with E-state index in [2.05, 4.69) is 10.6 Å². The van der Waals surface area contributed by atoms with Crippen LogP contribution in [0, 0.1) is 0 Å². The van der Waals surface area contributed by atoms with Crippen molar-refractivity contribution in [2.45, 2.75) is 25.4 Å². The predicted molar refractivity (Wildman–Crippen MR) is 76.5 cm³/mol. The summed E-state index contributed by atoms with van der Waals surface area (Å²) < 4.78 is 5.45. The Labute approximate surface area is 118 Å². The second-order valence-corrected chi connectivity index (χ2v) is 5.06. The Kier molecular flexibility index (Phi) is 5.48. The zero-order valence-electron chi connectivity index (χ0n) is 10.8. The molecular weight excluding hydrogens is 264 g/mol. The van der Waals surface area contributed by atoms with Crippen molar-refractivity contribution in [2.24, 2.45) is 0 Å². The lowest BCUT2D eigenvalue weighted by molar-refractivity contribution is -0.121. The fraction of sp³-hybridized carbons (Fsp3) is 0.500. The van der Waals surface area contributed by atoms with Gasteiger partial charge in [0.05, 0.1) is 6.10 Å². The topological polar surface area (TPSA) is 50.4 Å². The molecule has 1 fully saturated rings. The van der Waals surface area contributed by atoms with E-state index in [1.54, 1.807) is 0 Å². The van der Waals surface area contributed by atoms with Gasteiger partial charge in [-0.15, -0.1) is 0 Å². The number of amides is 1. The Bertz CT molecular complexity index is 402. The molecule has 104 valence electrons. The average Bonchev–Trinajstić information content (AvgIpc) is 2.92. The number of anilines is 1. The third-order valence-electron chi connectivity index (χ3n) is 3.08. The van der Waals surface area contributed by atoms with Gasteiger partial charge >= 0.3 is 0 Å². The lowest BCUT2D eigenvalue weighted by Crippen LogP contribution is -2.32. The van der Waals surface area contributed by atoms with E-state index in [0.29, 0.717) is 24.5 Å². The minimum atomic E-state index is 0.0527. The molecule has 19 heavy (non-hydrogen) atoms. The van der Waals surface area contributed by atoms with Gasteiger partial charge in [-0.3, -0.25) is 4.79 Å². The molecule has 0 radical (unpaired) electrons.